The van der Waals surface area contributed by atoms with E-state index in [4.69, 9.17) is 22.7 Å². The Morgan fingerprint density at radius 3 is 2.95 bits per heavy atom. The number of benzene rings is 1. The number of aromatic nitrogens is 2. The number of aromatic amines is 1. The maximum absolute atomic E-state index is 11.6. The maximum atomic E-state index is 11.6. The molecule has 7 heteroatoms. The van der Waals surface area contributed by atoms with E-state index in [1.165, 1.54) is 6.20 Å². The number of amides is 1. The topological polar surface area (TPSA) is 93.0 Å². The first kappa shape index (κ1) is 13.0. The van der Waals surface area contributed by atoms with Crippen LogP contribution < -0.4 is 15.8 Å². The molecule has 0 atom stereocenters. The van der Waals surface area contributed by atoms with Crippen LogP contribution in [0.3, 0.4) is 0 Å². The minimum atomic E-state index is -0.292. The van der Waals surface area contributed by atoms with Crippen LogP contribution in [0.4, 0.5) is 5.69 Å². The zero-order valence-corrected chi connectivity index (χ0v) is 10.7. The second kappa shape index (κ2) is 5.96. The summed E-state index contributed by atoms with van der Waals surface area (Å²) < 4.78 is 5.40. The molecule has 1 aromatic heterocycles. The number of nitrogens with one attached hydrogen (secondary N) is 2. The second-order valence-corrected chi connectivity index (χ2v) is 4.12. The van der Waals surface area contributed by atoms with Crippen molar-refractivity contribution < 1.29 is 9.53 Å². The first-order chi connectivity index (χ1) is 9.16. The van der Waals surface area contributed by atoms with Crippen molar-refractivity contribution in [3.05, 3.63) is 42.2 Å². The van der Waals surface area contributed by atoms with Gasteiger partial charge in [-0.1, -0.05) is 24.4 Å². The van der Waals surface area contributed by atoms with Gasteiger partial charge in [-0.05, 0) is 12.1 Å². The van der Waals surface area contributed by atoms with Gasteiger partial charge in [0.05, 0.1) is 17.4 Å². The number of anilines is 1. The van der Waals surface area contributed by atoms with Crippen LogP contribution >= 0.6 is 12.2 Å². The van der Waals surface area contributed by atoms with Crippen molar-refractivity contribution in [3.63, 3.8) is 0 Å². The summed E-state index contributed by atoms with van der Waals surface area (Å²) in [5.74, 6) is 0.191. The van der Waals surface area contributed by atoms with Gasteiger partial charge >= 0.3 is 0 Å². The fraction of sp³-hybridized carbons (Fsp3) is 0.0833. The lowest BCUT2D eigenvalue weighted by atomic mass is 10.2. The molecule has 4 N–H and O–H groups in total. The molecular weight excluding hydrogens is 264 g/mol. The summed E-state index contributed by atoms with van der Waals surface area (Å²) in [4.78, 5) is 11.9. The number of nitrogens with zero attached hydrogens (tertiary/aromatic N) is 1. The van der Waals surface area contributed by atoms with Crippen LogP contribution in [0.25, 0.3) is 0 Å². The van der Waals surface area contributed by atoms with Crippen molar-refractivity contribution >= 4 is 28.8 Å². The summed E-state index contributed by atoms with van der Waals surface area (Å²) in [5, 5.41) is 8.93. The van der Waals surface area contributed by atoms with Crippen molar-refractivity contribution in [1.82, 2.24) is 10.2 Å². The molecule has 1 amide bonds. The maximum Gasteiger partial charge on any atom is 0.262 e. The fourth-order valence-electron chi connectivity index (χ4n) is 1.46. The first-order valence-electron chi connectivity index (χ1n) is 5.47. The van der Waals surface area contributed by atoms with Crippen LogP contribution in [0.1, 0.15) is 5.56 Å². The summed E-state index contributed by atoms with van der Waals surface area (Å²) >= 11 is 4.91. The number of carbonyl (C=O) groups excluding carboxylic acids is 1. The van der Waals surface area contributed by atoms with E-state index >= 15 is 0 Å². The number of hydrogen-bond donors (Lipinski definition) is 3. The quantitative estimate of drug-likeness (QED) is 0.710. The van der Waals surface area contributed by atoms with Gasteiger partial charge in [-0.3, -0.25) is 9.89 Å². The number of thiocarbonyl (C=S) groups is 1. The van der Waals surface area contributed by atoms with E-state index in [2.05, 4.69) is 15.5 Å². The van der Waals surface area contributed by atoms with Crippen molar-refractivity contribution in [2.75, 3.05) is 11.9 Å². The molecule has 0 aliphatic carbocycles. The molecule has 0 saturated carbocycles. The lowest BCUT2D eigenvalue weighted by Gasteiger charge is -2.09. The summed E-state index contributed by atoms with van der Waals surface area (Å²) in [7, 11) is 0. The van der Waals surface area contributed by atoms with E-state index in [-0.39, 0.29) is 17.5 Å². The molecule has 0 aliphatic rings. The highest BCUT2D eigenvalue weighted by atomic mass is 32.1. The average molecular weight is 276 g/mol. The minimum absolute atomic E-state index is 0.134. The molecule has 0 unspecified atom stereocenters. The number of ether oxygens (including phenoxy) is 1. The van der Waals surface area contributed by atoms with Gasteiger partial charge in [0.25, 0.3) is 5.91 Å². The van der Waals surface area contributed by atoms with E-state index in [9.17, 15) is 4.79 Å². The predicted molar refractivity (Wildman–Crippen MR) is 75.0 cm³/mol. The van der Waals surface area contributed by atoms with Gasteiger partial charge in [-0.2, -0.15) is 5.10 Å². The van der Waals surface area contributed by atoms with Crippen molar-refractivity contribution in [1.29, 1.82) is 0 Å². The Balaban J connectivity index is 1.95. The Bertz CT molecular complexity index is 583. The number of carbonyl (C=O) groups is 1. The molecule has 0 spiro atoms. The number of H-pyrrole nitrogens is 1. The molecule has 0 aliphatic heterocycles. The smallest absolute Gasteiger partial charge is 0.262 e. The first-order valence-corrected chi connectivity index (χ1v) is 5.88. The van der Waals surface area contributed by atoms with Crippen LogP contribution in [0.2, 0.25) is 0 Å². The molecule has 0 saturated heterocycles. The van der Waals surface area contributed by atoms with Crippen LogP contribution in [0, 0.1) is 0 Å². The van der Waals surface area contributed by atoms with Crippen LogP contribution in [0.5, 0.6) is 5.75 Å². The van der Waals surface area contributed by atoms with E-state index in [1.54, 1.807) is 30.5 Å². The number of nitrogens with two attached hydrogens (primary N) is 1. The molecule has 2 rings (SSSR count). The summed E-state index contributed by atoms with van der Waals surface area (Å²) in [5.41, 5.74) is 6.75. The molecule has 0 radical (unpaired) electrons. The van der Waals surface area contributed by atoms with Gasteiger partial charge in [0, 0.05) is 6.20 Å². The van der Waals surface area contributed by atoms with Crippen molar-refractivity contribution in [3.8, 4) is 5.75 Å². The third-order valence-corrected chi connectivity index (χ3v) is 2.51. The molecule has 0 fully saturated rings. The SMILES string of the molecule is NC(=S)c1ccccc1OCC(=O)Nc1cn[nH]c1. The molecule has 1 heterocycles. The molecular formula is C12H12N4O2S. The highest BCUT2D eigenvalue weighted by Gasteiger charge is 2.08. The Kier molecular flexibility index (Phi) is 4.09. The predicted octanol–water partition coefficient (Wildman–Crippen LogP) is 1.06. The Labute approximate surface area is 115 Å². The monoisotopic (exact) mass is 276 g/mol. The Morgan fingerprint density at radius 1 is 1.47 bits per heavy atom. The van der Waals surface area contributed by atoms with Crippen molar-refractivity contribution in [2.24, 2.45) is 5.73 Å². The van der Waals surface area contributed by atoms with Crippen LogP contribution in [0.15, 0.2) is 36.7 Å². The molecule has 19 heavy (non-hydrogen) atoms. The van der Waals surface area contributed by atoms with Gasteiger partial charge in [0.2, 0.25) is 0 Å². The summed E-state index contributed by atoms with van der Waals surface area (Å²) in [6.07, 6.45) is 3.07. The number of para-hydroxylation sites is 1. The number of rotatable bonds is 5. The van der Waals surface area contributed by atoms with E-state index < -0.39 is 0 Å². The fourth-order valence-corrected chi connectivity index (χ4v) is 1.62. The highest BCUT2D eigenvalue weighted by molar-refractivity contribution is 7.80. The summed E-state index contributed by atoms with van der Waals surface area (Å²) in [6.45, 7) is -0.134. The van der Waals surface area contributed by atoms with Gasteiger partial charge in [0.1, 0.15) is 10.7 Å². The number of hydrogen-bond acceptors (Lipinski definition) is 4. The standard InChI is InChI=1S/C12H12N4O2S/c13-12(19)9-3-1-2-4-10(9)18-7-11(17)16-8-5-14-15-6-8/h1-6H,7H2,(H2,13,19)(H,14,15)(H,16,17). The van der Waals surface area contributed by atoms with Gasteiger partial charge in [0.15, 0.2) is 6.61 Å². The lowest BCUT2D eigenvalue weighted by Crippen LogP contribution is -2.21. The van der Waals surface area contributed by atoms with Crippen LogP contribution in [-0.2, 0) is 4.79 Å². The second-order valence-electron chi connectivity index (χ2n) is 3.68. The molecule has 1 aromatic carbocycles. The zero-order valence-electron chi connectivity index (χ0n) is 9.92. The third kappa shape index (κ3) is 3.52. The van der Waals surface area contributed by atoms with Gasteiger partial charge in [-0.15, -0.1) is 0 Å². The minimum Gasteiger partial charge on any atom is -0.483 e. The zero-order chi connectivity index (χ0) is 13.7. The molecule has 0 bridgehead atoms. The highest BCUT2D eigenvalue weighted by Crippen LogP contribution is 2.17. The van der Waals surface area contributed by atoms with E-state index in [0.717, 1.165) is 0 Å². The summed E-state index contributed by atoms with van der Waals surface area (Å²) in [6, 6.07) is 7.03. The molecule has 98 valence electrons. The van der Waals surface area contributed by atoms with E-state index in [1.807, 2.05) is 0 Å². The van der Waals surface area contributed by atoms with E-state index in [0.29, 0.717) is 17.0 Å². The Morgan fingerprint density at radius 2 is 2.26 bits per heavy atom. The molecule has 6 nitrogen and oxygen atoms in total. The third-order valence-electron chi connectivity index (χ3n) is 2.29. The lowest BCUT2D eigenvalue weighted by molar-refractivity contribution is -0.118. The largest absolute Gasteiger partial charge is 0.483 e. The normalized spacial score (nSPS) is 9.89. The van der Waals surface area contributed by atoms with Gasteiger partial charge in [-0.25, -0.2) is 0 Å². The van der Waals surface area contributed by atoms with Crippen molar-refractivity contribution in [2.45, 2.75) is 0 Å². The Hall–Kier alpha value is -2.41. The van der Waals surface area contributed by atoms with Crippen LogP contribution in [-0.4, -0.2) is 27.7 Å². The van der Waals surface area contributed by atoms with Gasteiger partial charge < -0.3 is 15.8 Å². The average Bonchev–Trinajstić information content (AvgIpc) is 2.89. The molecule has 2 aromatic rings.